The quantitative estimate of drug-likeness (QED) is 0.106. The Hall–Kier alpha value is -5.08. The molecule has 0 spiro atoms. The summed E-state index contributed by atoms with van der Waals surface area (Å²) in [5, 5.41) is 9.23. The molecular formula is C39H25BrClF3N2O5S2. The predicted molar refractivity (Wildman–Crippen MR) is 205 cm³/mol. The van der Waals surface area contributed by atoms with E-state index in [-0.39, 0.29) is 39.0 Å². The van der Waals surface area contributed by atoms with Gasteiger partial charge in [-0.25, -0.2) is 9.59 Å². The molecule has 6 aromatic rings. The Kier molecular flexibility index (Phi) is 11.6. The first kappa shape index (κ1) is 37.7. The number of hydrogen-bond donors (Lipinski definition) is 2. The molecule has 0 bridgehead atoms. The molecule has 0 aliphatic rings. The van der Waals surface area contributed by atoms with Crippen molar-refractivity contribution in [2.75, 3.05) is 10.6 Å². The van der Waals surface area contributed by atoms with Crippen molar-refractivity contribution < 1.29 is 37.1 Å². The van der Waals surface area contributed by atoms with Gasteiger partial charge in [-0.05, 0) is 71.6 Å². The van der Waals surface area contributed by atoms with E-state index < -0.39 is 29.6 Å². The first-order valence-corrected chi connectivity index (χ1v) is 18.6. The number of carbonyl (C=O) groups excluding carboxylic acids is 4. The molecular weight excluding hydrogens is 813 g/mol. The van der Waals surface area contributed by atoms with Crippen LogP contribution in [0.25, 0.3) is 22.3 Å². The van der Waals surface area contributed by atoms with Gasteiger partial charge in [0.2, 0.25) is 5.91 Å². The van der Waals surface area contributed by atoms with Crippen LogP contribution in [0.15, 0.2) is 118 Å². The van der Waals surface area contributed by atoms with E-state index >= 15 is 0 Å². The zero-order chi connectivity index (χ0) is 37.7. The van der Waals surface area contributed by atoms with Crippen LogP contribution in [0.5, 0.6) is 0 Å². The van der Waals surface area contributed by atoms with Gasteiger partial charge in [0.25, 0.3) is 5.91 Å². The van der Waals surface area contributed by atoms with E-state index in [2.05, 4.69) is 26.6 Å². The third-order valence-corrected chi connectivity index (χ3v) is 10.5. The summed E-state index contributed by atoms with van der Waals surface area (Å²) >= 11 is 11.5. The second kappa shape index (κ2) is 16.3. The van der Waals surface area contributed by atoms with E-state index in [9.17, 15) is 32.3 Å². The molecule has 53 heavy (non-hydrogen) atoms. The molecule has 4 aromatic carbocycles. The van der Waals surface area contributed by atoms with E-state index in [1.807, 2.05) is 30.3 Å². The van der Waals surface area contributed by atoms with Gasteiger partial charge in [-0.15, -0.1) is 22.7 Å². The lowest BCUT2D eigenvalue weighted by atomic mass is 10.0. The molecule has 14 heteroatoms. The molecule has 2 N–H and O–H groups in total. The van der Waals surface area contributed by atoms with Gasteiger partial charge in [0, 0.05) is 43.4 Å². The van der Waals surface area contributed by atoms with Gasteiger partial charge < -0.3 is 15.4 Å². The number of halogens is 5. The monoisotopic (exact) mass is 836 g/mol. The van der Waals surface area contributed by atoms with Crippen LogP contribution in [0.3, 0.4) is 0 Å². The zero-order valence-electron chi connectivity index (χ0n) is 27.1. The van der Waals surface area contributed by atoms with E-state index in [1.54, 1.807) is 59.3 Å². The van der Waals surface area contributed by atoms with Gasteiger partial charge in [-0.1, -0.05) is 82.1 Å². The molecule has 0 radical (unpaired) electrons. The second-order valence-electron chi connectivity index (χ2n) is 11.5. The second-order valence-corrected chi connectivity index (χ2v) is 14.6. The van der Waals surface area contributed by atoms with E-state index in [1.165, 1.54) is 0 Å². The van der Waals surface area contributed by atoms with Gasteiger partial charge >= 0.3 is 18.1 Å². The number of anilines is 2. The van der Waals surface area contributed by atoms with E-state index in [4.69, 9.17) is 16.3 Å². The SMILES string of the molecule is O=C(CCc1ccccc1)Nc1scc(-c2ccc(Br)cc2)c1C(=O)OC(=O)c1c(-c2ccc(Cl)cc2)csc1NC(=O)c1ccc(C(F)(F)F)cc1. The molecule has 268 valence electrons. The van der Waals surface area contributed by atoms with Crippen molar-refractivity contribution in [3.05, 3.63) is 151 Å². The van der Waals surface area contributed by atoms with Gasteiger partial charge in [-0.2, -0.15) is 13.2 Å². The average Bonchev–Trinajstić information content (AvgIpc) is 3.76. The van der Waals surface area contributed by atoms with E-state index in [0.717, 1.165) is 57.0 Å². The lowest BCUT2D eigenvalue weighted by molar-refractivity contribution is -0.137. The number of hydrogen-bond acceptors (Lipinski definition) is 7. The lowest BCUT2D eigenvalue weighted by Gasteiger charge is -2.12. The summed E-state index contributed by atoms with van der Waals surface area (Å²) in [4.78, 5) is 54.3. The minimum atomic E-state index is -4.59. The summed E-state index contributed by atoms with van der Waals surface area (Å²) in [6.07, 6.45) is -4.00. The molecule has 0 saturated heterocycles. The summed E-state index contributed by atoms with van der Waals surface area (Å²) in [6.45, 7) is 0. The fourth-order valence-corrected chi connectivity index (χ4v) is 7.57. The summed E-state index contributed by atoms with van der Waals surface area (Å²) in [5.41, 5.74) is 1.58. The molecule has 2 amide bonds. The van der Waals surface area contributed by atoms with Gasteiger partial charge in [0.05, 0.1) is 5.56 Å². The number of alkyl halides is 3. The highest BCUT2D eigenvalue weighted by Crippen LogP contribution is 2.40. The maximum Gasteiger partial charge on any atom is 0.416 e. The summed E-state index contributed by atoms with van der Waals surface area (Å²) < 4.78 is 45.7. The highest BCUT2D eigenvalue weighted by Gasteiger charge is 2.31. The number of benzene rings is 4. The number of rotatable bonds is 10. The van der Waals surface area contributed by atoms with Crippen molar-refractivity contribution in [3.8, 4) is 22.3 Å². The van der Waals surface area contributed by atoms with Gasteiger partial charge in [-0.3, -0.25) is 9.59 Å². The summed E-state index contributed by atoms with van der Waals surface area (Å²) in [6, 6.07) is 26.6. The van der Waals surface area contributed by atoms with Crippen LogP contribution in [0.4, 0.5) is 23.2 Å². The molecule has 0 fully saturated rings. The van der Waals surface area contributed by atoms with Crippen LogP contribution in [-0.4, -0.2) is 23.8 Å². The van der Waals surface area contributed by atoms with Crippen LogP contribution in [0, 0.1) is 0 Å². The summed E-state index contributed by atoms with van der Waals surface area (Å²) in [5.74, 6) is -3.31. The summed E-state index contributed by atoms with van der Waals surface area (Å²) in [7, 11) is 0. The van der Waals surface area contributed by atoms with Crippen molar-refractivity contribution in [1.82, 2.24) is 0 Å². The van der Waals surface area contributed by atoms with Gasteiger partial charge in [0.15, 0.2) is 0 Å². The molecule has 6 rings (SSSR count). The molecule has 0 aliphatic heterocycles. The minimum absolute atomic E-state index is 0.00876. The van der Waals surface area contributed by atoms with Crippen molar-refractivity contribution in [1.29, 1.82) is 0 Å². The fraction of sp³-hybridized carbons (Fsp3) is 0.0769. The molecule has 2 heterocycles. The number of nitrogens with one attached hydrogen (secondary N) is 2. The molecule has 2 aromatic heterocycles. The smallest absolute Gasteiger partial charge is 0.386 e. The number of amides is 2. The highest BCUT2D eigenvalue weighted by atomic mass is 79.9. The third kappa shape index (κ3) is 9.11. The van der Waals surface area contributed by atoms with Crippen molar-refractivity contribution in [2.24, 2.45) is 0 Å². The van der Waals surface area contributed by atoms with Crippen LogP contribution >= 0.6 is 50.2 Å². The first-order valence-electron chi connectivity index (χ1n) is 15.7. The van der Waals surface area contributed by atoms with Crippen molar-refractivity contribution in [2.45, 2.75) is 19.0 Å². The normalized spacial score (nSPS) is 11.2. The fourth-order valence-electron chi connectivity index (χ4n) is 5.25. The molecule has 0 saturated carbocycles. The number of carbonyl (C=O) groups is 4. The largest absolute Gasteiger partial charge is 0.416 e. The van der Waals surface area contributed by atoms with Crippen molar-refractivity contribution >= 4 is 84.0 Å². The zero-order valence-corrected chi connectivity index (χ0v) is 31.1. The Labute approximate surface area is 322 Å². The van der Waals surface area contributed by atoms with Crippen LogP contribution in [0.1, 0.15) is 48.6 Å². The topological polar surface area (TPSA) is 102 Å². The van der Waals surface area contributed by atoms with Crippen molar-refractivity contribution in [3.63, 3.8) is 0 Å². The van der Waals surface area contributed by atoms with Crippen LogP contribution in [0.2, 0.25) is 5.02 Å². The molecule has 0 aliphatic carbocycles. The Morgan fingerprint density at radius 2 is 1.23 bits per heavy atom. The molecule has 0 atom stereocenters. The van der Waals surface area contributed by atoms with E-state index in [0.29, 0.717) is 33.7 Å². The maximum atomic E-state index is 14.0. The first-order chi connectivity index (χ1) is 25.4. The molecule has 7 nitrogen and oxygen atoms in total. The lowest BCUT2D eigenvalue weighted by Crippen LogP contribution is -2.19. The van der Waals surface area contributed by atoms with Gasteiger partial charge in [0.1, 0.15) is 21.1 Å². The number of thiophene rings is 2. The van der Waals surface area contributed by atoms with Crippen LogP contribution < -0.4 is 10.6 Å². The van der Waals surface area contributed by atoms with Crippen LogP contribution in [-0.2, 0) is 22.1 Å². The maximum absolute atomic E-state index is 14.0. The number of ether oxygens (including phenoxy) is 1. The Morgan fingerprint density at radius 1 is 0.698 bits per heavy atom. The Bertz CT molecular complexity index is 2290. The predicted octanol–water partition coefficient (Wildman–Crippen LogP) is 11.4. The highest BCUT2D eigenvalue weighted by molar-refractivity contribution is 9.10. The Morgan fingerprint density at radius 3 is 1.77 bits per heavy atom. The number of esters is 2. The Balaban J connectivity index is 1.31. The minimum Gasteiger partial charge on any atom is -0.386 e. The average molecular weight is 838 g/mol. The number of aryl methyl sites for hydroxylation is 1. The molecule has 0 unspecified atom stereocenters. The third-order valence-electron chi connectivity index (χ3n) is 7.92. The standard InChI is InChI=1S/C39H25BrClF3N2O5S2/c40-27-15-9-23(10-16-27)29-20-52-35(45-31(47)19-6-22-4-2-1-3-5-22)32(29)37(49)51-38(50)33-30(24-11-17-28(41)18-12-24)21-53-36(33)46-34(48)25-7-13-26(14-8-25)39(42,43)44/h1-5,7-18,20-21H,6,19H2,(H,45,47)(H,46,48).